The molecule has 21 heavy (non-hydrogen) atoms. The van der Waals surface area contributed by atoms with Gasteiger partial charge in [0.05, 0.1) is 5.75 Å². The third kappa shape index (κ3) is 7.04. The Labute approximate surface area is 128 Å². The highest BCUT2D eigenvalue weighted by Gasteiger charge is 2.13. The number of likely N-dealkylation sites (N-methyl/N-ethyl adjacent to an activating group) is 1. The van der Waals surface area contributed by atoms with E-state index in [0.717, 1.165) is 24.2 Å². The van der Waals surface area contributed by atoms with E-state index in [0.29, 0.717) is 6.54 Å². The van der Waals surface area contributed by atoms with E-state index < -0.39 is 10.0 Å². The van der Waals surface area contributed by atoms with Gasteiger partial charge in [0.25, 0.3) is 0 Å². The van der Waals surface area contributed by atoms with Crippen LogP contribution in [0.15, 0.2) is 24.3 Å². The summed E-state index contributed by atoms with van der Waals surface area (Å²) >= 11 is 0. The minimum Gasteiger partial charge on any atom is -0.313 e. The number of benzene rings is 1. The number of hydrogen-bond acceptors (Lipinski definition) is 4. The largest absolute Gasteiger partial charge is 0.313 e. The molecule has 6 heteroatoms. The zero-order valence-corrected chi connectivity index (χ0v) is 14.2. The second kappa shape index (κ2) is 8.48. The Morgan fingerprint density at radius 1 is 1.14 bits per heavy atom. The van der Waals surface area contributed by atoms with E-state index in [1.54, 1.807) is 0 Å². The van der Waals surface area contributed by atoms with Crippen molar-refractivity contribution in [3.63, 3.8) is 0 Å². The molecule has 2 N–H and O–H groups in total. The van der Waals surface area contributed by atoms with Crippen molar-refractivity contribution in [2.45, 2.75) is 32.2 Å². The Morgan fingerprint density at radius 2 is 1.71 bits per heavy atom. The van der Waals surface area contributed by atoms with Gasteiger partial charge in [-0.2, -0.15) is 0 Å². The third-order valence-corrected chi connectivity index (χ3v) is 4.76. The van der Waals surface area contributed by atoms with Crippen LogP contribution in [0.2, 0.25) is 0 Å². The molecule has 0 saturated carbocycles. The summed E-state index contributed by atoms with van der Waals surface area (Å²) in [6.45, 7) is 6.19. The van der Waals surface area contributed by atoms with Crippen molar-refractivity contribution < 1.29 is 8.42 Å². The summed E-state index contributed by atoms with van der Waals surface area (Å²) in [5.74, 6) is 0.0225. The predicted molar refractivity (Wildman–Crippen MR) is 87.6 cm³/mol. The Morgan fingerprint density at radius 3 is 2.24 bits per heavy atom. The van der Waals surface area contributed by atoms with Gasteiger partial charge >= 0.3 is 0 Å². The fourth-order valence-electron chi connectivity index (χ4n) is 1.72. The van der Waals surface area contributed by atoms with E-state index in [9.17, 15) is 8.42 Å². The molecule has 0 bridgehead atoms. The number of rotatable bonds is 9. The molecule has 0 spiro atoms. The van der Waals surface area contributed by atoms with Crippen molar-refractivity contribution >= 4 is 10.0 Å². The van der Waals surface area contributed by atoms with Crippen LogP contribution in [-0.2, 0) is 22.3 Å². The SMILES string of the molecule is CCNCc1ccc(CS(=O)(=O)NCC(C)N(C)C)cc1. The monoisotopic (exact) mass is 313 g/mol. The van der Waals surface area contributed by atoms with Gasteiger partial charge in [0.2, 0.25) is 10.0 Å². The smallest absolute Gasteiger partial charge is 0.215 e. The molecule has 0 aliphatic carbocycles. The van der Waals surface area contributed by atoms with E-state index in [2.05, 4.69) is 17.0 Å². The molecule has 0 fully saturated rings. The fraction of sp³-hybridized carbons (Fsp3) is 0.600. The second-order valence-corrected chi connectivity index (χ2v) is 7.32. The summed E-state index contributed by atoms with van der Waals surface area (Å²) in [6.07, 6.45) is 0. The molecule has 1 aromatic carbocycles. The van der Waals surface area contributed by atoms with Gasteiger partial charge in [0.1, 0.15) is 0 Å². The zero-order chi connectivity index (χ0) is 15.9. The van der Waals surface area contributed by atoms with E-state index in [1.165, 1.54) is 0 Å². The van der Waals surface area contributed by atoms with Crippen LogP contribution in [0.3, 0.4) is 0 Å². The predicted octanol–water partition coefficient (Wildman–Crippen LogP) is 1.17. The van der Waals surface area contributed by atoms with Gasteiger partial charge < -0.3 is 10.2 Å². The minimum atomic E-state index is -3.29. The normalized spacial score (nSPS) is 13.6. The molecule has 0 aliphatic rings. The van der Waals surface area contributed by atoms with Crippen molar-refractivity contribution in [3.8, 4) is 0 Å². The van der Waals surface area contributed by atoms with Gasteiger partial charge in [0.15, 0.2) is 0 Å². The lowest BCUT2D eigenvalue weighted by molar-refractivity contribution is 0.314. The topological polar surface area (TPSA) is 61.4 Å². The molecule has 120 valence electrons. The molecule has 0 aliphatic heterocycles. The van der Waals surface area contributed by atoms with Crippen LogP contribution < -0.4 is 10.0 Å². The van der Waals surface area contributed by atoms with Crippen LogP contribution in [0.25, 0.3) is 0 Å². The van der Waals surface area contributed by atoms with E-state index in [1.807, 2.05) is 50.2 Å². The van der Waals surface area contributed by atoms with Crippen molar-refractivity contribution in [2.75, 3.05) is 27.2 Å². The van der Waals surface area contributed by atoms with Gasteiger partial charge in [-0.05, 0) is 38.7 Å². The lowest BCUT2D eigenvalue weighted by Gasteiger charge is -2.20. The van der Waals surface area contributed by atoms with Crippen molar-refractivity contribution in [2.24, 2.45) is 0 Å². The summed E-state index contributed by atoms with van der Waals surface area (Å²) in [5, 5.41) is 3.24. The maximum atomic E-state index is 12.0. The van der Waals surface area contributed by atoms with E-state index in [4.69, 9.17) is 0 Å². The van der Waals surface area contributed by atoms with Gasteiger partial charge in [-0.15, -0.1) is 0 Å². The summed E-state index contributed by atoms with van der Waals surface area (Å²) in [5.41, 5.74) is 1.97. The molecule has 0 amide bonds. The first-order valence-electron chi connectivity index (χ1n) is 7.26. The van der Waals surface area contributed by atoms with Gasteiger partial charge in [-0.25, -0.2) is 13.1 Å². The highest BCUT2D eigenvalue weighted by atomic mass is 32.2. The Kier molecular flexibility index (Phi) is 7.31. The van der Waals surface area contributed by atoms with Crippen molar-refractivity contribution in [3.05, 3.63) is 35.4 Å². The lowest BCUT2D eigenvalue weighted by Crippen LogP contribution is -2.38. The molecule has 0 saturated heterocycles. The summed E-state index contributed by atoms with van der Waals surface area (Å²) < 4.78 is 26.7. The molecule has 1 unspecified atom stereocenters. The minimum absolute atomic E-state index is 0.0225. The van der Waals surface area contributed by atoms with E-state index in [-0.39, 0.29) is 11.8 Å². The van der Waals surface area contributed by atoms with Gasteiger partial charge in [-0.3, -0.25) is 0 Å². The van der Waals surface area contributed by atoms with Crippen LogP contribution >= 0.6 is 0 Å². The van der Waals surface area contributed by atoms with Crippen molar-refractivity contribution in [1.82, 2.24) is 14.9 Å². The molecule has 0 aromatic heterocycles. The molecule has 1 aromatic rings. The molecular weight excluding hydrogens is 286 g/mol. The molecule has 0 heterocycles. The lowest BCUT2D eigenvalue weighted by atomic mass is 10.1. The molecule has 1 atom stereocenters. The fourth-order valence-corrected chi connectivity index (χ4v) is 2.95. The Hall–Kier alpha value is -0.950. The first-order chi connectivity index (χ1) is 9.84. The number of nitrogens with zero attached hydrogens (tertiary/aromatic N) is 1. The number of hydrogen-bond donors (Lipinski definition) is 2. The van der Waals surface area contributed by atoms with Crippen LogP contribution in [0, 0.1) is 0 Å². The zero-order valence-electron chi connectivity index (χ0n) is 13.4. The Bertz CT molecular complexity index is 512. The molecule has 1 rings (SSSR count). The third-order valence-electron chi connectivity index (χ3n) is 3.44. The first kappa shape index (κ1) is 18.1. The number of sulfonamides is 1. The van der Waals surface area contributed by atoms with Gasteiger partial charge in [0, 0.05) is 19.1 Å². The van der Waals surface area contributed by atoms with Gasteiger partial charge in [-0.1, -0.05) is 31.2 Å². The maximum Gasteiger partial charge on any atom is 0.215 e. The van der Waals surface area contributed by atoms with E-state index >= 15 is 0 Å². The highest BCUT2D eigenvalue weighted by Crippen LogP contribution is 2.08. The van der Waals surface area contributed by atoms with Crippen LogP contribution in [0.5, 0.6) is 0 Å². The summed E-state index contributed by atoms with van der Waals surface area (Å²) in [7, 11) is 0.580. The molecular formula is C15H27N3O2S. The van der Waals surface area contributed by atoms with Crippen LogP contribution in [0.4, 0.5) is 0 Å². The molecule has 0 radical (unpaired) electrons. The summed E-state index contributed by atoms with van der Waals surface area (Å²) in [4.78, 5) is 1.98. The highest BCUT2D eigenvalue weighted by molar-refractivity contribution is 7.88. The van der Waals surface area contributed by atoms with Crippen LogP contribution in [-0.4, -0.2) is 46.5 Å². The average molecular weight is 313 g/mol. The van der Waals surface area contributed by atoms with Crippen LogP contribution in [0.1, 0.15) is 25.0 Å². The molecule has 5 nitrogen and oxygen atoms in total. The number of nitrogens with one attached hydrogen (secondary N) is 2. The summed E-state index contributed by atoms with van der Waals surface area (Å²) in [6, 6.07) is 7.86. The second-order valence-electron chi connectivity index (χ2n) is 5.52. The maximum absolute atomic E-state index is 12.0. The Balaban J connectivity index is 2.54. The first-order valence-corrected chi connectivity index (χ1v) is 8.91. The van der Waals surface area contributed by atoms with Crippen molar-refractivity contribution in [1.29, 1.82) is 0 Å². The standard InChI is InChI=1S/C15H27N3O2S/c1-5-16-11-14-6-8-15(9-7-14)12-21(19,20)17-10-13(2)18(3)4/h6-9,13,16-17H,5,10-12H2,1-4H3. The quantitative estimate of drug-likeness (QED) is 0.718. The average Bonchev–Trinajstić information content (AvgIpc) is 2.43.